The van der Waals surface area contributed by atoms with Crippen LogP contribution in [0.25, 0.3) is 0 Å². The Balaban J connectivity index is 1.78. The Morgan fingerprint density at radius 1 is 1.14 bits per heavy atom. The number of aliphatic imine (C=N–C) groups is 1. The van der Waals surface area contributed by atoms with Crippen LogP contribution in [-0.2, 0) is 6.54 Å². The Labute approximate surface area is 138 Å². The average Bonchev–Trinajstić information content (AvgIpc) is 3.00. The molecule has 0 aliphatic heterocycles. The van der Waals surface area contributed by atoms with Crippen LogP contribution in [0.3, 0.4) is 0 Å². The van der Waals surface area contributed by atoms with Gasteiger partial charge in [-0.05, 0) is 29.8 Å². The predicted molar refractivity (Wildman–Crippen MR) is 89.3 cm³/mol. The summed E-state index contributed by atoms with van der Waals surface area (Å²) in [5.74, 6) is 0. The summed E-state index contributed by atoms with van der Waals surface area (Å²) in [6.07, 6.45) is 4.93. The van der Waals surface area contributed by atoms with Crippen molar-refractivity contribution < 1.29 is 0 Å². The van der Waals surface area contributed by atoms with Crippen molar-refractivity contribution in [3.05, 3.63) is 76.3 Å². The highest BCUT2D eigenvalue weighted by molar-refractivity contribution is 6.36. The molecule has 0 unspecified atom stereocenters. The van der Waals surface area contributed by atoms with Gasteiger partial charge in [0.1, 0.15) is 12.7 Å². The smallest absolute Gasteiger partial charge is 0.137 e. The first-order chi connectivity index (χ1) is 10.7. The van der Waals surface area contributed by atoms with Crippen molar-refractivity contribution in [2.45, 2.75) is 6.54 Å². The molecule has 3 aromatic rings. The molecule has 0 aliphatic rings. The fourth-order valence-corrected chi connectivity index (χ4v) is 2.44. The molecule has 3 rings (SSSR count). The molecule has 0 N–H and O–H groups in total. The Morgan fingerprint density at radius 2 is 2.05 bits per heavy atom. The van der Waals surface area contributed by atoms with E-state index in [0.717, 1.165) is 16.8 Å². The summed E-state index contributed by atoms with van der Waals surface area (Å²) < 4.78 is 1.76. The molecule has 0 fully saturated rings. The first-order valence-corrected chi connectivity index (χ1v) is 7.37. The minimum absolute atomic E-state index is 0.579. The Kier molecular flexibility index (Phi) is 4.51. The highest BCUT2D eigenvalue weighted by Crippen LogP contribution is 2.21. The molecule has 6 heteroatoms. The molecule has 4 nitrogen and oxygen atoms in total. The van der Waals surface area contributed by atoms with Crippen molar-refractivity contribution in [1.82, 2.24) is 14.8 Å². The molecule has 1 heterocycles. The minimum atomic E-state index is 0.579. The van der Waals surface area contributed by atoms with Gasteiger partial charge in [0.2, 0.25) is 0 Å². The molecule has 1 aromatic heterocycles. The van der Waals surface area contributed by atoms with Gasteiger partial charge in [-0.2, -0.15) is 5.10 Å². The lowest BCUT2D eigenvalue weighted by Crippen LogP contribution is -1.99. The second-order valence-corrected chi connectivity index (χ2v) is 5.53. The van der Waals surface area contributed by atoms with E-state index in [9.17, 15) is 0 Å². The number of benzene rings is 2. The lowest BCUT2D eigenvalue weighted by molar-refractivity contribution is 0.685. The molecule has 0 aliphatic carbocycles. The van der Waals surface area contributed by atoms with Gasteiger partial charge in [0.05, 0.1) is 17.3 Å². The van der Waals surface area contributed by atoms with E-state index in [4.69, 9.17) is 23.2 Å². The van der Waals surface area contributed by atoms with Crippen LogP contribution < -0.4 is 0 Å². The second-order valence-electron chi connectivity index (χ2n) is 4.69. The van der Waals surface area contributed by atoms with Crippen LogP contribution >= 0.6 is 23.2 Å². The summed E-state index contributed by atoms with van der Waals surface area (Å²) in [6, 6.07) is 13.3. The highest BCUT2D eigenvalue weighted by Gasteiger charge is 2.00. The van der Waals surface area contributed by atoms with Crippen LogP contribution in [-0.4, -0.2) is 21.0 Å². The molecule has 0 spiro atoms. The fraction of sp³-hybridized carbons (Fsp3) is 0.0625. The van der Waals surface area contributed by atoms with Crippen molar-refractivity contribution in [2.24, 2.45) is 4.99 Å². The van der Waals surface area contributed by atoms with Crippen LogP contribution in [0.2, 0.25) is 10.0 Å². The van der Waals surface area contributed by atoms with E-state index in [1.165, 1.54) is 6.33 Å². The van der Waals surface area contributed by atoms with Gasteiger partial charge in [0, 0.05) is 16.8 Å². The second kappa shape index (κ2) is 6.73. The van der Waals surface area contributed by atoms with E-state index in [1.807, 2.05) is 30.3 Å². The maximum absolute atomic E-state index is 6.13. The summed E-state index contributed by atoms with van der Waals surface area (Å²) >= 11 is 12.0. The number of rotatable bonds is 4. The quantitative estimate of drug-likeness (QED) is 0.666. The van der Waals surface area contributed by atoms with Gasteiger partial charge < -0.3 is 0 Å². The zero-order valence-electron chi connectivity index (χ0n) is 11.5. The molecule has 110 valence electrons. The van der Waals surface area contributed by atoms with Crippen molar-refractivity contribution in [3.63, 3.8) is 0 Å². The number of hydrogen-bond donors (Lipinski definition) is 0. The Morgan fingerprint density at radius 3 is 2.82 bits per heavy atom. The van der Waals surface area contributed by atoms with Gasteiger partial charge in [0.15, 0.2) is 0 Å². The number of aromatic nitrogens is 3. The fourth-order valence-electron chi connectivity index (χ4n) is 1.99. The molecule has 0 bridgehead atoms. The van der Waals surface area contributed by atoms with Gasteiger partial charge in [-0.1, -0.05) is 41.4 Å². The van der Waals surface area contributed by atoms with E-state index < -0.39 is 0 Å². The summed E-state index contributed by atoms with van der Waals surface area (Å²) in [5, 5.41) is 5.28. The maximum Gasteiger partial charge on any atom is 0.137 e. The van der Waals surface area contributed by atoms with Crippen molar-refractivity contribution >= 4 is 35.1 Å². The van der Waals surface area contributed by atoms with Crippen LogP contribution in [0.5, 0.6) is 0 Å². The molecule has 22 heavy (non-hydrogen) atoms. The third kappa shape index (κ3) is 3.72. The Bertz CT molecular complexity index is 798. The monoisotopic (exact) mass is 330 g/mol. The molecule has 0 atom stereocenters. The van der Waals surface area contributed by atoms with Gasteiger partial charge in [-0.3, -0.25) is 4.99 Å². The average molecular weight is 331 g/mol. The molecule has 0 radical (unpaired) electrons. The van der Waals surface area contributed by atoms with Crippen LogP contribution in [0.1, 0.15) is 11.1 Å². The summed E-state index contributed by atoms with van der Waals surface area (Å²) in [6.45, 7) is 0.658. The van der Waals surface area contributed by atoms with E-state index in [1.54, 1.807) is 29.4 Å². The van der Waals surface area contributed by atoms with Crippen LogP contribution in [0.4, 0.5) is 5.69 Å². The lowest BCUT2D eigenvalue weighted by Gasteiger charge is -2.02. The predicted octanol–water partition coefficient (Wildman–Crippen LogP) is 4.38. The minimum Gasteiger partial charge on any atom is -0.256 e. The number of hydrogen-bond acceptors (Lipinski definition) is 3. The zero-order chi connectivity index (χ0) is 15.4. The summed E-state index contributed by atoms with van der Waals surface area (Å²) in [5.41, 5.74) is 2.78. The van der Waals surface area contributed by atoms with E-state index in [0.29, 0.717) is 16.6 Å². The van der Waals surface area contributed by atoms with Gasteiger partial charge in [-0.15, -0.1) is 0 Å². The Hall–Kier alpha value is -2.17. The van der Waals surface area contributed by atoms with Crippen molar-refractivity contribution in [3.8, 4) is 0 Å². The zero-order valence-corrected chi connectivity index (χ0v) is 13.0. The first-order valence-electron chi connectivity index (χ1n) is 6.61. The number of halogens is 2. The molecule has 2 aromatic carbocycles. The van der Waals surface area contributed by atoms with Gasteiger partial charge in [-0.25, -0.2) is 9.67 Å². The van der Waals surface area contributed by atoms with Gasteiger partial charge in [0.25, 0.3) is 0 Å². The van der Waals surface area contributed by atoms with Crippen LogP contribution in [0, 0.1) is 0 Å². The third-order valence-electron chi connectivity index (χ3n) is 3.04. The number of nitrogens with zero attached hydrogens (tertiary/aromatic N) is 4. The van der Waals surface area contributed by atoms with E-state index in [-0.39, 0.29) is 0 Å². The lowest BCUT2D eigenvalue weighted by atomic mass is 10.2. The van der Waals surface area contributed by atoms with Gasteiger partial charge >= 0.3 is 0 Å². The highest BCUT2D eigenvalue weighted by atomic mass is 35.5. The molecular formula is C16H12Cl2N4. The summed E-state index contributed by atoms with van der Waals surface area (Å²) in [4.78, 5) is 8.39. The summed E-state index contributed by atoms with van der Waals surface area (Å²) in [7, 11) is 0. The standard InChI is InChI=1S/C16H12Cl2N4/c17-14-5-4-13(16(18)7-14)8-20-15-3-1-2-12(6-15)9-22-11-19-10-21-22/h1-8,10-11H,9H2. The molecule has 0 saturated heterocycles. The SMILES string of the molecule is Clc1ccc(C=Nc2cccc(Cn3cncn3)c2)c(Cl)c1. The first kappa shape index (κ1) is 14.8. The molecule has 0 saturated carbocycles. The van der Waals surface area contributed by atoms with Crippen molar-refractivity contribution in [2.75, 3.05) is 0 Å². The van der Waals surface area contributed by atoms with Crippen LogP contribution in [0.15, 0.2) is 60.1 Å². The largest absolute Gasteiger partial charge is 0.256 e. The molecular weight excluding hydrogens is 319 g/mol. The molecule has 0 amide bonds. The van der Waals surface area contributed by atoms with E-state index in [2.05, 4.69) is 15.1 Å². The normalized spacial score (nSPS) is 11.2. The van der Waals surface area contributed by atoms with E-state index >= 15 is 0 Å². The maximum atomic E-state index is 6.13. The van der Waals surface area contributed by atoms with Crippen molar-refractivity contribution in [1.29, 1.82) is 0 Å². The third-order valence-corrected chi connectivity index (χ3v) is 3.60. The topological polar surface area (TPSA) is 43.1 Å².